The molecule has 1 aliphatic carbocycles. The van der Waals surface area contributed by atoms with Crippen molar-refractivity contribution in [3.05, 3.63) is 18.2 Å². The molecule has 0 aromatic carbocycles. The van der Waals surface area contributed by atoms with Gasteiger partial charge < -0.3 is 4.98 Å². The van der Waals surface area contributed by atoms with Crippen LogP contribution in [0.1, 0.15) is 51.8 Å². The second-order valence-electron chi connectivity index (χ2n) is 5.38. The third-order valence-electron chi connectivity index (χ3n) is 4.05. The largest absolute Gasteiger partial charge is 0.348 e. The van der Waals surface area contributed by atoms with E-state index in [1.54, 1.807) is 0 Å². The van der Waals surface area contributed by atoms with Crippen LogP contribution in [0.4, 0.5) is 0 Å². The van der Waals surface area contributed by atoms with Crippen molar-refractivity contribution in [2.45, 2.75) is 46.0 Å². The molecular formula is C13H22N2. The van der Waals surface area contributed by atoms with Crippen LogP contribution in [0.3, 0.4) is 0 Å². The summed E-state index contributed by atoms with van der Waals surface area (Å²) in [4.78, 5) is 7.71. The number of aromatic amines is 1. The Morgan fingerprint density at radius 1 is 1.40 bits per heavy atom. The lowest BCUT2D eigenvalue weighted by Gasteiger charge is -2.35. The van der Waals surface area contributed by atoms with Gasteiger partial charge in [0.25, 0.3) is 0 Å². The minimum Gasteiger partial charge on any atom is -0.348 e. The fourth-order valence-corrected chi connectivity index (χ4v) is 2.82. The maximum Gasteiger partial charge on any atom is 0.109 e. The van der Waals surface area contributed by atoms with E-state index in [9.17, 15) is 0 Å². The van der Waals surface area contributed by atoms with Crippen molar-refractivity contribution in [3.63, 3.8) is 0 Å². The second-order valence-corrected chi connectivity index (χ2v) is 5.38. The number of rotatable bonds is 2. The average molecular weight is 206 g/mol. The van der Waals surface area contributed by atoms with Gasteiger partial charge in [0.2, 0.25) is 0 Å². The lowest BCUT2D eigenvalue weighted by Crippen LogP contribution is -2.25. The molecule has 0 bridgehead atoms. The topological polar surface area (TPSA) is 28.7 Å². The lowest BCUT2D eigenvalue weighted by atomic mass is 9.71. The maximum atomic E-state index is 4.43. The fourth-order valence-electron chi connectivity index (χ4n) is 2.82. The van der Waals surface area contributed by atoms with Gasteiger partial charge in [0, 0.05) is 18.3 Å². The first-order valence-corrected chi connectivity index (χ1v) is 6.17. The van der Waals surface area contributed by atoms with Crippen LogP contribution in [0.5, 0.6) is 0 Å². The van der Waals surface area contributed by atoms with Crippen LogP contribution < -0.4 is 0 Å². The lowest BCUT2D eigenvalue weighted by molar-refractivity contribution is 0.200. The number of hydrogen-bond donors (Lipinski definition) is 1. The van der Waals surface area contributed by atoms with Crippen molar-refractivity contribution in [1.82, 2.24) is 9.97 Å². The zero-order valence-corrected chi connectivity index (χ0v) is 10.0. The Balaban J connectivity index is 2.09. The molecular weight excluding hydrogens is 184 g/mol. The summed E-state index contributed by atoms with van der Waals surface area (Å²) in [6.07, 6.45) is 7.89. The van der Waals surface area contributed by atoms with E-state index in [0.717, 1.165) is 17.8 Å². The summed E-state index contributed by atoms with van der Waals surface area (Å²) >= 11 is 0. The Labute approximate surface area is 92.5 Å². The molecule has 2 rings (SSSR count). The molecule has 0 radical (unpaired) electrons. The standard InChI is InChI=1S/C13H22N2/c1-9(2)11-5-4-10(3)12(8-11)13-14-6-7-15-13/h6-7,9-12H,4-5,8H2,1-3H3,(H,14,15). The summed E-state index contributed by atoms with van der Waals surface area (Å²) in [6, 6.07) is 0. The maximum absolute atomic E-state index is 4.43. The smallest absolute Gasteiger partial charge is 0.109 e. The number of imidazole rings is 1. The molecule has 1 heterocycles. The van der Waals surface area contributed by atoms with Crippen LogP contribution in [-0.2, 0) is 0 Å². The van der Waals surface area contributed by atoms with Gasteiger partial charge in [-0.3, -0.25) is 0 Å². The molecule has 1 N–H and O–H groups in total. The van der Waals surface area contributed by atoms with Crippen LogP contribution in [-0.4, -0.2) is 9.97 Å². The molecule has 1 aromatic heterocycles. The van der Waals surface area contributed by atoms with Crippen molar-refractivity contribution >= 4 is 0 Å². The van der Waals surface area contributed by atoms with Crippen molar-refractivity contribution in [2.24, 2.45) is 17.8 Å². The van der Waals surface area contributed by atoms with Crippen molar-refractivity contribution < 1.29 is 0 Å². The molecule has 3 atom stereocenters. The monoisotopic (exact) mass is 206 g/mol. The summed E-state index contributed by atoms with van der Waals surface area (Å²) in [5, 5.41) is 0. The van der Waals surface area contributed by atoms with Gasteiger partial charge in [0.05, 0.1) is 0 Å². The molecule has 1 aliphatic rings. The molecule has 0 amide bonds. The Kier molecular flexibility index (Phi) is 3.13. The van der Waals surface area contributed by atoms with Gasteiger partial charge in [-0.25, -0.2) is 4.98 Å². The number of nitrogens with zero attached hydrogens (tertiary/aromatic N) is 1. The Bertz CT molecular complexity index is 289. The third kappa shape index (κ3) is 2.24. The SMILES string of the molecule is CC(C)C1CCC(C)C(c2ncc[nH]2)C1. The highest BCUT2D eigenvalue weighted by atomic mass is 14.9. The predicted molar refractivity (Wildman–Crippen MR) is 62.7 cm³/mol. The fraction of sp³-hybridized carbons (Fsp3) is 0.769. The van der Waals surface area contributed by atoms with E-state index in [1.807, 2.05) is 12.4 Å². The van der Waals surface area contributed by atoms with Crippen LogP contribution in [0, 0.1) is 17.8 Å². The molecule has 3 unspecified atom stereocenters. The third-order valence-corrected chi connectivity index (χ3v) is 4.05. The molecule has 2 heteroatoms. The zero-order chi connectivity index (χ0) is 10.8. The quantitative estimate of drug-likeness (QED) is 0.787. The Morgan fingerprint density at radius 2 is 2.20 bits per heavy atom. The van der Waals surface area contributed by atoms with Crippen LogP contribution >= 0.6 is 0 Å². The number of nitrogens with one attached hydrogen (secondary N) is 1. The molecule has 0 aliphatic heterocycles. The van der Waals surface area contributed by atoms with E-state index in [2.05, 4.69) is 30.7 Å². The second kappa shape index (κ2) is 4.38. The number of aromatic nitrogens is 2. The summed E-state index contributed by atoms with van der Waals surface area (Å²) in [6.45, 7) is 7.06. The van der Waals surface area contributed by atoms with E-state index in [0.29, 0.717) is 5.92 Å². The zero-order valence-electron chi connectivity index (χ0n) is 10.0. The highest BCUT2D eigenvalue weighted by molar-refractivity contribution is 5.01. The summed E-state index contributed by atoms with van der Waals surface area (Å²) in [5.74, 6) is 4.34. The molecule has 1 fully saturated rings. The van der Waals surface area contributed by atoms with E-state index in [1.165, 1.54) is 25.1 Å². The van der Waals surface area contributed by atoms with Gasteiger partial charge in [-0.1, -0.05) is 20.8 Å². The molecule has 2 nitrogen and oxygen atoms in total. The molecule has 84 valence electrons. The van der Waals surface area contributed by atoms with Crippen LogP contribution in [0.15, 0.2) is 12.4 Å². The van der Waals surface area contributed by atoms with Crippen LogP contribution in [0.25, 0.3) is 0 Å². The van der Waals surface area contributed by atoms with Gasteiger partial charge in [-0.2, -0.15) is 0 Å². The van der Waals surface area contributed by atoms with Gasteiger partial charge in [0.1, 0.15) is 5.82 Å². The van der Waals surface area contributed by atoms with E-state index >= 15 is 0 Å². The number of hydrogen-bond acceptors (Lipinski definition) is 1. The van der Waals surface area contributed by atoms with Crippen molar-refractivity contribution in [2.75, 3.05) is 0 Å². The minimum atomic E-state index is 0.654. The van der Waals surface area contributed by atoms with E-state index in [4.69, 9.17) is 0 Å². The molecule has 1 aromatic rings. The first-order chi connectivity index (χ1) is 7.18. The normalized spacial score (nSPS) is 32.1. The number of H-pyrrole nitrogens is 1. The molecule has 0 saturated heterocycles. The predicted octanol–water partition coefficient (Wildman–Crippen LogP) is 3.59. The van der Waals surface area contributed by atoms with Gasteiger partial charge in [-0.05, 0) is 37.0 Å². The Hall–Kier alpha value is -0.790. The Morgan fingerprint density at radius 3 is 2.80 bits per heavy atom. The van der Waals surface area contributed by atoms with Gasteiger partial charge in [-0.15, -0.1) is 0 Å². The summed E-state index contributed by atoms with van der Waals surface area (Å²) < 4.78 is 0. The van der Waals surface area contributed by atoms with Crippen molar-refractivity contribution in [1.29, 1.82) is 0 Å². The van der Waals surface area contributed by atoms with E-state index < -0.39 is 0 Å². The molecule has 1 saturated carbocycles. The highest BCUT2D eigenvalue weighted by Crippen LogP contribution is 2.41. The van der Waals surface area contributed by atoms with E-state index in [-0.39, 0.29) is 0 Å². The summed E-state index contributed by atoms with van der Waals surface area (Å²) in [5.41, 5.74) is 0. The van der Waals surface area contributed by atoms with Gasteiger partial charge in [0.15, 0.2) is 0 Å². The minimum absolute atomic E-state index is 0.654. The molecule has 15 heavy (non-hydrogen) atoms. The highest BCUT2D eigenvalue weighted by Gasteiger charge is 2.31. The first kappa shape index (κ1) is 10.7. The summed E-state index contributed by atoms with van der Waals surface area (Å²) in [7, 11) is 0. The van der Waals surface area contributed by atoms with Crippen LogP contribution in [0.2, 0.25) is 0 Å². The average Bonchev–Trinajstić information content (AvgIpc) is 2.71. The first-order valence-electron chi connectivity index (χ1n) is 6.17. The molecule has 0 spiro atoms. The van der Waals surface area contributed by atoms with Gasteiger partial charge >= 0.3 is 0 Å². The van der Waals surface area contributed by atoms with Crippen molar-refractivity contribution in [3.8, 4) is 0 Å².